The van der Waals surface area contributed by atoms with Gasteiger partial charge in [-0.25, -0.2) is 0 Å². The summed E-state index contributed by atoms with van der Waals surface area (Å²) in [6.45, 7) is 6.42. The zero-order valence-corrected chi connectivity index (χ0v) is 10.2. The first-order chi connectivity index (χ1) is 7.50. The standard InChI is InChI=1S/C13H20N2O/c1-4-13(3,9-14)15-12(16)11-7-5-10(2)6-8-11/h5-8H,4,9,14H2,1-3H3,(H,15,16). The highest BCUT2D eigenvalue weighted by molar-refractivity contribution is 5.94. The number of carbonyl (C=O) groups excluding carboxylic acids is 1. The Bertz CT molecular complexity index is 353. The van der Waals surface area contributed by atoms with Gasteiger partial charge in [0.15, 0.2) is 0 Å². The lowest BCUT2D eigenvalue weighted by molar-refractivity contribution is 0.0906. The molecule has 0 radical (unpaired) electrons. The molecule has 0 heterocycles. The number of carbonyl (C=O) groups is 1. The molecule has 1 rings (SSSR count). The molecule has 0 aliphatic rings. The van der Waals surface area contributed by atoms with Crippen LogP contribution in [-0.4, -0.2) is 18.0 Å². The van der Waals surface area contributed by atoms with Crippen molar-refractivity contribution in [2.45, 2.75) is 32.7 Å². The predicted molar refractivity (Wildman–Crippen MR) is 66.4 cm³/mol. The van der Waals surface area contributed by atoms with Crippen molar-refractivity contribution in [1.29, 1.82) is 0 Å². The zero-order valence-electron chi connectivity index (χ0n) is 10.2. The third kappa shape index (κ3) is 3.07. The fourth-order valence-corrected chi connectivity index (χ4v) is 1.33. The summed E-state index contributed by atoms with van der Waals surface area (Å²) >= 11 is 0. The van der Waals surface area contributed by atoms with Gasteiger partial charge < -0.3 is 11.1 Å². The Kier molecular flexibility index (Phi) is 4.07. The predicted octanol–water partition coefficient (Wildman–Crippen LogP) is 1.85. The molecule has 3 N–H and O–H groups in total. The molecule has 1 unspecified atom stereocenters. The molecule has 16 heavy (non-hydrogen) atoms. The zero-order chi connectivity index (χ0) is 12.2. The number of nitrogens with one attached hydrogen (secondary N) is 1. The number of benzene rings is 1. The van der Waals surface area contributed by atoms with E-state index in [2.05, 4.69) is 5.32 Å². The molecule has 0 bridgehead atoms. The fraction of sp³-hybridized carbons (Fsp3) is 0.462. The molecule has 1 atom stereocenters. The second kappa shape index (κ2) is 5.12. The van der Waals surface area contributed by atoms with Gasteiger partial charge in [-0.15, -0.1) is 0 Å². The lowest BCUT2D eigenvalue weighted by Crippen LogP contribution is -2.50. The maximum atomic E-state index is 11.9. The van der Waals surface area contributed by atoms with E-state index < -0.39 is 0 Å². The average molecular weight is 220 g/mol. The van der Waals surface area contributed by atoms with Crippen LogP contribution in [0, 0.1) is 6.92 Å². The van der Waals surface area contributed by atoms with Crippen LogP contribution in [0.2, 0.25) is 0 Å². The molecule has 3 nitrogen and oxygen atoms in total. The molecule has 1 aromatic carbocycles. The fourth-order valence-electron chi connectivity index (χ4n) is 1.33. The number of nitrogens with two attached hydrogens (primary N) is 1. The third-order valence-corrected chi connectivity index (χ3v) is 2.96. The molecule has 0 aliphatic heterocycles. The van der Waals surface area contributed by atoms with Crippen LogP contribution >= 0.6 is 0 Å². The highest BCUT2D eigenvalue weighted by Crippen LogP contribution is 2.09. The van der Waals surface area contributed by atoms with E-state index in [1.54, 1.807) is 0 Å². The Morgan fingerprint density at radius 2 is 1.94 bits per heavy atom. The van der Waals surface area contributed by atoms with Crippen molar-refractivity contribution in [2.24, 2.45) is 5.73 Å². The summed E-state index contributed by atoms with van der Waals surface area (Å²) in [5.41, 5.74) is 7.16. The van der Waals surface area contributed by atoms with Crippen molar-refractivity contribution in [3.8, 4) is 0 Å². The van der Waals surface area contributed by atoms with E-state index in [4.69, 9.17) is 5.73 Å². The van der Waals surface area contributed by atoms with E-state index in [1.165, 1.54) is 0 Å². The molecule has 1 aromatic rings. The van der Waals surface area contributed by atoms with Crippen molar-refractivity contribution >= 4 is 5.91 Å². The normalized spacial score (nSPS) is 14.2. The van der Waals surface area contributed by atoms with Crippen LogP contribution in [0.25, 0.3) is 0 Å². The molecule has 0 fully saturated rings. The number of amides is 1. The van der Waals surface area contributed by atoms with E-state index in [1.807, 2.05) is 45.0 Å². The summed E-state index contributed by atoms with van der Waals surface area (Å²) in [6.07, 6.45) is 0.821. The lowest BCUT2D eigenvalue weighted by Gasteiger charge is -2.27. The molecule has 0 saturated heterocycles. The van der Waals surface area contributed by atoms with Crippen molar-refractivity contribution in [3.63, 3.8) is 0 Å². The Balaban J connectivity index is 2.76. The Morgan fingerprint density at radius 3 is 2.38 bits per heavy atom. The molecule has 0 saturated carbocycles. The number of rotatable bonds is 4. The van der Waals surface area contributed by atoms with Gasteiger partial charge in [-0.05, 0) is 32.4 Å². The first-order valence-corrected chi connectivity index (χ1v) is 5.60. The lowest BCUT2D eigenvalue weighted by atomic mass is 9.98. The molecule has 88 valence electrons. The minimum Gasteiger partial charge on any atom is -0.346 e. The third-order valence-electron chi connectivity index (χ3n) is 2.96. The molecule has 0 aliphatic carbocycles. The first kappa shape index (κ1) is 12.7. The minimum absolute atomic E-state index is 0.0604. The van der Waals surface area contributed by atoms with Gasteiger partial charge in [0.05, 0.1) is 0 Å². The maximum Gasteiger partial charge on any atom is 0.251 e. The van der Waals surface area contributed by atoms with Gasteiger partial charge in [0.25, 0.3) is 5.91 Å². The van der Waals surface area contributed by atoms with E-state index in [9.17, 15) is 4.79 Å². The van der Waals surface area contributed by atoms with Crippen LogP contribution in [0.5, 0.6) is 0 Å². The molecule has 1 amide bonds. The van der Waals surface area contributed by atoms with Crippen LogP contribution < -0.4 is 11.1 Å². The Labute approximate surface area is 97.0 Å². The van der Waals surface area contributed by atoms with Crippen molar-refractivity contribution in [3.05, 3.63) is 35.4 Å². The van der Waals surface area contributed by atoms with Crippen molar-refractivity contribution < 1.29 is 4.79 Å². The quantitative estimate of drug-likeness (QED) is 0.813. The number of hydrogen-bond acceptors (Lipinski definition) is 2. The summed E-state index contributed by atoms with van der Waals surface area (Å²) in [7, 11) is 0. The Hall–Kier alpha value is -1.35. The SMILES string of the molecule is CCC(C)(CN)NC(=O)c1ccc(C)cc1. The molecular weight excluding hydrogens is 200 g/mol. The van der Waals surface area contributed by atoms with Crippen molar-refractivity contribution in [2.75, 3.05) is 6.54 Å². The highest BCUT2D eigenvalue weighted by atomic mass is 16.1. The van der Waals surface area contributed by atoms with E-state index >= 15 is 0 Å². The van der Waals surface area contributed by atoms with Gasteiger partial charge >= 0.3 is 0 Å². The Morgan fingerprint density at radius 1 is 1.38 bits per heavy atom. The summed E-state index contributed by atoms with van der Waals surface area (Å²) < 4.78 is 0. The first-order valence-electron chi connectivity index (χ1n) is 5.60. The van der Waals surface area contributed by atoms with Gasteiger partial charge in [-0.3, -0.25) is 4.79 Å². The van der Waals surface area contributed by atoms with Gasteiger partial charge in [0, 0.05) is 17.6 Å². The summed E-state index contributed by atoms with van der Waals surface area (Å²) in [5.74, 6) is -0.0604. The number of hydrogen-bond donors (Lipinski definition) is 2. The van der Waals surface area contributed by atoms with Crippen LogP contribution in [-0.2, 0) is 0 Å². The van der Waals surface area contributed by atoms with Gasteiger partial charge in [-0.1, -0.05) is 24.6 Å². The largest absolute Gasteiger partial charge is 0.346 e. The van der Waals surface area contributed by atoms with E-state index in [0.717, 1.165) is 12.0 Å². The minimum atomic E-state index is -0.317. The van der Waals surface area contributed by atoms with E-state index in [0.29, 0.717) is 12.1 Å². The van der Waals surface area contributed by atoms with Crippen molar-refractivity contribution in [1.82, 2.24) is 5.32 Å². The second-order valence-corrected chi connectivity index (χ2v) is 4.44. The van der Waals surface area contributed by atoms with Crippen LogP contribution in [0.15, 0.2) is 24.3 Å². The highest BCUT2D eigenvalue weighted by Gasteiger charge is 2.22. The molecule has 0 spiro atoms. The summed E-state index contributed by atoms with van der Waals surface area (Å²) in [6, 6.07) is 7.52. The molecule has 0 aromatic heterocycles. The maximum absolute atomic E-state index is 11.9. The van der Waals surface area contributed by atoms with E-state index in [-0.39, 0.29) is 11.4 Å². The monoisotopic (exact) mass is 220 g/mol. The summed E-state index contributed by atoms with van der Waals surface area (Å²) in [4.78, 5) is 11.9. The van der Waals surface area contributed by atoms with Crippen LogP contribution in [0.1, 0.15) is 36.2 Å². The second-order valence-electron chi connectivity index (χ2n) is 4.44. The smallest absolute Gasteiger partial charge is 0.251 e. The topological polar surface area (TPSA) is 55.1 Å². The average Bonchev–Trinajstić information content (AvgIpc) is 2.29. The van der Waals surface area contributed by atoms with Gasteiger partial charge in [0.1, 0.15) is 0 Å². The van der Waals surface area contributed by atoms with Gasteiger partial charge in [0.2, 0.25) is 0 Å². The molecule has 3 heteroatoms. The van der Waals surface area contributed by atoms with Crippen LogP contribution in [0.3, 0.4) is 0 Å². The van der Waals surface area contributed by atoms with Gasteiger partial charge in [-0.2, -0.15) is 0 Å². The van der Waals surface area contributed by atoms with Crippen LogP contribution in [0.4, 0.5) is 0 Å². The molecular formula is C13H20N2O. The number of aryl methyl sites for hydroxylation is 1. The summed E-state index contributed by atoms with van der Waals surface area (Å²) in [5, 5.41) is 2.96.